The minimum Gasteiger partial charge on any atom is -0.435 e. The molecule has 0 bridgehead atoms. The van der Waals surface area contributed by atoms with Crippen LogP contribution in [-0.4, -0.2) is 25.0 Å². The fourth-order valence-corrected chi connectivity index (χ4v) is 2.39. The second-order valence-corrected chi connectivity index (χ2v) is 5.87. The molecule has 28 heavy (non-hydrogen) atoms. The van der Waals surface area contributed by atoms with Gasteiger partial charge in [-0.2, -0.15) is 8.78 Å². The van der Waals surface area contributed by atoms with Crippen molar-refractivity contribution in [2.75, 3.05) is 6.54 Å². The van der Waals surface area contributed by atoms with Gasteiger partial charge in [0.05, 0.1) is 11.6 Å². The van der Waals surface area contributed by atoms with Crippen molar-refractivity contribution in [3.05, 3.63) is 65.2 Å². The quantitative estimate of drug-likeness (QED) is 0.669. The summed E-state index contributed by atoms with van der Waals surface area (Å²) in [6.07, 6.45) is -0.0640. The van der Waals surface area contributed by atoms with Crippen molar-refractivity contribution in [3.8, 4) is 5.75 Å². The van der Waals surface area contributed by atoms with Crippen LogP contribution in [0.4, 0.5) is 17.6 Å². The van der Waals surface area contributed by atoms with E-state index in [9.17, 15) is 27.2 Å². The molecule has 1 atom stereocenters. The highest BCUT2D eigenvalue weighted by molar-refractivity contribution is 5.94. The van der Waals surface area contributed by atoms with Gasteiger partial charge in [-0.1, -0.05) is 12.1 Å². The number of amides is 2. The molecule has 0 heterocycles. The summed E-state index contributed by atoms with van der Waals surface area (Å²) in [5, 5.41) is 5.06. The predicted molar refractivity (Wildman–Crippen MR) is 92.9 cm³/mol. The second-order valence-electron chi connectivity index (χ2n) is 5.87. The molecule has 2 N–H and O–H groups in total. The molecule has 0 aromatic heterocycles. The van der Waals surface area contributed by atoms with E-state index in [-0.39, 0.29) is 30.2 Å². The monoisotopic (exact) mass is 398 g/mol. The van der Waals surface area contributed by atoms with E-state index in [2.05, 4.69) is 15.4 Å². The SMILES string of the molecule is CC(NC(=O)CCNC(=O)c1ccc(F)cc1F)c1ccc(OC(F)F)cc1. The maximum absolute atomic E-state index is 13.5. The lowest BCUT2D eigenvalue weighted by molar-refractivity contribution is -0.121. The van der Waals surface area contributed by atoms with Crippen molar-refractivity contribution in [1.82, 2.24) is 10.6 Å². The molecule has 2 amide bonds. The Morgan fingerprint density at radius 3 is 2.36 bits per heavy atom. The zero-order chi connectivity index (χ0) is 20.7. The number of hydrogen-bond donors (Lipinski definition) is 2. The average molecular weight is 398 g/mol. The Kier molecular flexibility index (Phi) is 7.36. The van der Waals surface area contributed by atoms with Gasteiger partial charge in [-0.15, -0.1) is 0 Å². The van der Waals surface area contributed by atoms with Crippen LogP contribution >= 0.6 is 0 Å². The van der Waals surface area contributed by atoms with Crippen LogP contribution in [0, 0.1) is 11.6 Å². The number of rotatable bonds is 8. The van der Waals surface area contributed by atoms with Crippen molar-refractivity contribution in [2.24, 2.45) is 0 Å². The molecule has 0 saturated carbocycles. The molecule has 0 aliphatic heterocycles. The molecule has 2 rings (SSSR count). The number of halogens is 4. The lowest BCUT2D eigenvalue weighted by atomic mass is 10.1. The van der Waals surface area contributed by atoms with Gasteiger partial charge in [0.15, 0.2) is 0 Å². The summed E-state index contributed by atoms with van der Waals surface area (Å²) in [6, 6.07) is 7.99. The highest BCUT2D eigenvalue weighted by atomic mass is 19.3. The molecular weight excluding hydrogens is 380 g/mol. The molecule has 0 fully saturated rings. The summed E-state index contributed by atoms with van der Waals surface area (Å²) in [5.41, 5.74) is 0.355. The number of carbonyl (C=O) groups excluding carboxylic acids is 2. The van der Waals surface area contributed by atoms with E-state index in [0.29, 0.717) is 11.6 Å². The maximum Gasteiger partial charge on any atom is 0.387 e. The molecule has 0 spiro atoms. The number of ether oxygens (including phenoxy) is 1. The van der Waals surface area contributed by atoms with Gasteiger partial charge < -0.3 is 15.4 Å². The topological polar surface area (TPSA) is 67.4 Å². The number of carbonyl (C=O) groups is 2. The minimum atomic E-state index is -2.92. The van der Waals surface area contributed by atoms with Crippen molar-refractivity contribution in [1.29, 1.82) is 0 Å². The van der Waals surface area contributed by atoms with Gasteiger partial charge in [0.1, 0.15) is 17.4 Å². The smallest absolute Gasteiger partial charge is 0.387 e. The third kappa shape index (κ3) is 6.26. The predicted octanol–water partition coefficient (Wildman–Crippen LogP) is 3.56. The van der Waals surface area contributed by atoms with E-state index in [1.54, 1.807) is 19.1 Å². The third-order valence-corrected chi connectivity index (χ3v) is 3.80. The van der Waals surface area contributed by atoms with Gasteiger partial charge in [-0.05, 0) is 36.8 Å². The Balaban J connectivity index is 1.79. The first kappa shape index (κ1) is 21.2. The lowest BCUT2D eigenvalue weighted by Gasteiger charge is -2.15. The number of nitrogens with one attached hydrogen (secondary N) is 2. The number of alkyl halides is 2. The van der Waals surface area contributed by atoms with Gasteiger partial charge >= 0.3 is 6.61 Å². The Bertz CT molecular complexity index is 828. The van der Waals surface area contributed by atoms with E-state index in [0.717, 1.165) is 12.1 Å². The van der Waals surface area contributed by atoms with Crippen LogP contribution in [0.2, 0.25) is 0 Å². The van der Waals surface area contributed by atoms with Crippen LogP contribution in [0.15, 0.2) is 42.5 Å². The zero-order valence-corrected chi connectivity index (χ0v) is 14.8. The van der Waals surface area contributed by atoms with Crippen LogP contribution in [0.3, 0.4) is 0 Å². The molecule has 2 aromatic rings. The molecular formula is C19H18F4N2O3. The lowest BCUT2D eigenvalue weighted by Crippen LogP contribution is -2.32. The van der Waals surface area contributed by atoms with Crippen LogP contribution < -0.4 is 15.4 Å². The Morgan fingerprint density at radius 1 is 1.07 bits per heavy atom. The largest absolute Gasteiger partial charge is 0.435 e. The first-order chi connectivity index (χ1) is 13.3. The summed E-state index contributed by atoms with van der Waals surface area (Å²) in [6.45, 7) is -1.26. The highest BCUT2D eigenvalue weighted by Gasteiger charge is 2.14. The Morgan fingerprint density at radius 2 is 1.75 bits per heavy atom. The summed E-state index contributed by atoms with van der Waals surface area (Å²) in [7, 11) is 0. The first-order valence-corrected chi connectivity index (χ1v) is 8.33. The van der Waals surface area contributed by atoms with Gasteiger partial charge in [-0.25, -0.2) is 8.78 Å². The molecule has 2 aromatic carbocycles. The summed E-state index contributed by atoms with van der Waals surface area (Å²) < 4.78 is 54.9. The normalized spacial score (nSPS) is 11.8. The van der Waals surface area contributed by atoms with Crippen molar-refractivity contribution in [2.45, 2.75) is 26.0 Å². The molecule has 5 nitrogen and oxygen atoms in total. The Labute approximate surface area is 158 Å². The summed E-state index contributed by atoms with van der Waals surface area (Å²) >= 11 is 0. The fraction of sp³-hybridized carbons (Fsp3) is 0.263. The third-order valence-electron chi connectivity index (χ3n) is 3.80. The molecule has 150 valence electrons. The number of hydrogen-bond acceptors (Lipinski definition) is 3. The minimum absolute atomic E-state index is 0.00742. The van der Waals surface area contributed by atoms with Crippen molar-refractivity contribution in [3.63, 3.8) is 0 Å². The molecule has 1 unspecified atom stereocenters. The number of benzene rings is 2. The van der Waals surface area contributed by atoms with Gasteiger partial charge in [0.2, 0.25) is 5.91 Å². The van der Waals surface area contributed by atoms with Gasteiger partial charge in [0.25, 0.3) is 5.91 Å². The van der Waals surface area contributed by atoms with E-state index in [4.69, 9.17) is 0 Å². The standard InChI is InChI=1S/C19H18F4N2O3/c1-11(12-2-5-14(6-3-12)28-19(22)23)25-17(26)8-9-24-18(27)15-7-4-13(20)10-16(15)21/h2-7,10-11,19H,8-9H2,1H3,(H,24,27)(H,25,26). The fourth-order valence-electron chi connectivity index (χ4n) is 2.39. The van der Waals surface area contributed by atoms with Crippen LogP contribution in [0.1, 0.15) is 35.3 Å². The second kappa shape index (κ2) is 9.72. The molecule has 0 radical (unpaired) electrons. The van der Waals surface area contributed by atoms with Crippen LogP contribution in [0.25, 0.3) is 0 Å². The van der Waals surface area contributed by atoms with E-state index >= 15 is 0 Å². The van der Waals surface area contributed by atoms with Crippen LogP contribution in [-0.2, 0) is 4.79 Å². The summed E-state index contributed by atoms with van der Waals surface area (Å²) in [4.78, 5) is 23.8. The van der Waals surface area contributed by atoms with E-state index in [1.807, 2.05) is 0 Å². The van der Waals surface area contributed by atoms with Crippen molar-refractivity contribution >= 4 is 11.8 Å². The molecule has 9 heteroatoms. The summed E-state index contributed by atoms with van der Waals surface area (Å²) in [5.74, 6) is -2.91. The molecule has 0 aliphatic carbocycles. The Hall–Kier alpha value is -3.10. The first-order valence-electron chi connectivity index (χ1n) is 8.33. The van der Waals surface area contributed by atoms with Crippen molar-refractivity contribution < 1.29 is 31.9 Å². The van der Waals surface area contributed by atoms with Gasteiger partial charge in [-0.3, -0.25) is 9.59 Å². The molecule has 0 saturated heterocycles. The van der Waals surface area contributed by atoms with E-state index < -0.39 is 30.2 Å². The zero-order valence-electron chi connectivity index (χ0n) is 14.8. The van der Waals surface area contributed by atoms with Gasteiger partial charge in [0, 0.05) is 19.0 Å². The highest BCUT2D eigenvalue weighted by Crippen LogP contribution is 2.19. The average Bonchev–Trinajstić information content (AvgIpc) is 2.61. The molecule has 0 aliphatic rings. The maximum atomic E-state index is 13.5. The van der Waals surface area contributed by atoms with E-state index in [1.165, 1.54) is 12.1 Å². The van der Waals surface area contributed by atoms with Crippen LogP contribution in [0.5, 0.6) is 5.75 Å².